The van der Waals surface area contributed by atoms with Crippen molar-refractivity contribution in [3.05, 3.63) is 11.9 Å². The number of aromatic nitrogens is 2. The number of hydrogen-bond donors (Lipinski definition) is 2. The highest BCUT2D eigenvalue weighted by molar-refractivity contribution is 5.59. The van der Waals surface area contributed by atoms with Crippen molar-refractivity contribution >= 4 is 11.6 Å². The highest BCUT2D eigenvalue weighted by Gasteiger charge is 2.18. The lowest BCUT2D eigenvalue weighted by Crippen LogP contribution is -2.34. The van der Waals surface area contributed by atoms with Gasteiger partial charge in [-0.3, -0.25) is 0 Å². The number of aliphatic hydroxyl groups is 1. The molecule has 0 saturated heterocycles. The summed E-state index contributed by atoms with van der Waals surface area (Å²) in [6, 6.07) is 0.348. The molecule has 5 heteroatoms. The zero-order valence-electron chi connectivity index (χ0n) is 13.9. The molecule has 1 heterocycles. The van der Waals surface area contributed by atoms with Crippen LogP contribution < -0.4 is 10.2 Å². The highest BCUT2D eigenvalue weighted by Crippen LogP contribution is 2.26. The van der Waals surface area contributed by atoms with Gasteiger partial charge < -0.3 is 15.3 Å². The SMILES string of the molecule is CCCNc1ncnc(N(CCCO)C(C)C)c1CCC. The molecule has 120 valence electrons. The summed E-state index contributed by atoms with van der Waals surface area (Å²) in [7, 11) is 0. The molecule has 21 heavy (non-hydrogen) atoms. The molecule has 0 fully saturated rings. The third kappa shape index (κ3) is 5.16. The van der Waals surface area contributed by atoms with Crippen LogP contribution in [0.5, 0.6) is 0 Å². The van der Waals surface area contributed by atoms with Crippen molar-refractivity contribution in [3.63, 3.8) is 0 Å². The van der Waals surface area contributed by atoms with E-state index in [0.717, 1.165) is 50.4 Å². The summed E-state index contributed by atoms with van der Waals surface area (Å²) < 4.78 is 0. The van der Waals surface area contributed by atoms with Crippen LogP contribution in [-0.4, -0.2) is 40.8 Å². The highest BCUT2D eigenvalue weighted by atomic mass is 16.3. The van der Waals surface area contributed by atoms with E-state index in [1.807, 2.05) is 0 Å². The van der Waals surface area contributed by atoms with Crippen molar-refractivity contribution in [1.29, 1.82) is 0 Å². The Labute approximate surface area is 128 Å². The fourth-order valence-corrected chi connectivity index (χ4v) is 2.38. The van der Waals surface area contributed by atoms with Crippen LogP contribution in [0.15, 0.2) is 6.33 Å². The Hall–Kier alpha value is -1.36. The molecule has 0 spiro atoms. The second-order valence-corrected chi connectivity index (χ2v) is 5.57. The number of nitrogens with one attached hydrogen (secondary N) is 1. The molecule has 1 rings (SSSR count). The first-order chi connectivity index (χ1) is 10.2. The summed E-state index contributed by atoms with van der Waals surface area (Å²) in [4.78, 5) is 11.2. The van der Waals surface area contributed by atoms with E-state index in [4.69, 9.17) is 5.11 Å². The number of hydrogen-bond acceptors (Lipinski definition) is 5. The van der Waals surface area contributed by atoms with Gasteiger partial charge in [0.05, 0.1) is 0 Å². The molecule has 0 aliphatic rings. The number of rotatable bonds is 10. The Morgan fingerprint density at radius 1 is 1.24 bits per heavy atom. The van der Waals surface area contributed by atoms with E-state index in [1.54, 1.807) is 6.33 Å². The van der Waals surface area contributed by atoms with Crippen molar-refractivity contribution in [3.8, 4) is 0 Å². The Balaban J connectivity index is 3.11. The second kappa shape index (κ2) is 9.55. The fraction of sp³-hybridized carbons (Fsp3) is 0.750. The smallest absolute Gasteiger partial charge is 0.137 e. The monoisotopic (exact) mass is 294 g/mol. The summed E-state index contributed by atoms with van der Waals surface area (Å²) in [5, 5.41) is 12.5. The average molecular weight is 294 g/mol. The van der Waals surface area contributed by atoms with Crippen molar-refractivity contribution in [2.75, 3.05) is 29.9 Å². The number of aliphatic hydroxyl groups excluding tert-OH is 1. The van der Waals surface area contributed by atoms with Crippen molar-refractivity contribution in [2.45, 2.75) is 59.4 Å². The van der Waals surface area contributed by atoms with Crippen LogP contribution in [0.3, 0.4) is 0 Å². The largest absolute Gasteiger partial charge is 0.396 e. The summed E-state index contributed by atoms with van der Waals surface area (Å²) in [5.41, 5.74) is 1.19. The molecule has 0 radical (unpaired) electrons. The topological polar surface area (TPSA) is 61.3 Å². The van der Waals surface area contributed by atoms with E-state index in [1.165, 1.54) is 5.56 Å². The molecule has 0 aromatic carbocycles. The van der Waals surface area contributed by atoms with Gasteiger partial charge >= 0.3 is 0 Å². The molecule has 1 aromatic heterocycles. The summed E-state index contributed by atoms with van der Waals surface area (Å²) in [6.45, 7) is 10.6. The Kier molecular flexibility index (Phi) is 8.05. The molecule has 0 amide bonds. The van der Waals surface area contributed by atoms with E-state index in [9.17, 15) is 0 Å². The van der Waals surface area contributed by atoms with Crippen LogP contribution in [0, 0.1) is 0 Å². The predicted octanol–water partition coefficient (Wildman–Crippen LogP) is 2.85. The first-order valence-corrected chi connectivity index (χ1v) is 8.10. The van der Waals surface area contributed by atoms with Crippen LogP contribution >= 0.6 is 0 Å². The third-order valence-electron chi connectivity index (χ3n) is 3.42. The molecule has 0 unspecified atom stereocenters. The van der Waals surface area contributed by atoms with E-state index < -0.39 is 0 Å². The molecule has 0 atom stereocenters. The van der Waals surface area contributed by atoms with Crippen LogP contribution in [0.2, 0.25) is 0 Å². The maximum Gasteiger partial charge on any atom is 0.137 e. The predicted molar refractivity (Wildman–Crippen MR) is 89.0 cm³/mol. The normalized spacial score (nSPS) is 11.0. The van der Waals surface area contributed by atoms with E-state index >= 15 is 0 Å². The maximum atomic E-state index is 9.12. The van der Waals surface area contributed by atoms with E-state index in [2.05, 4.69) is 47.9 Å². The molecule has 2 N–H and O–H groups in total. The van der Waals surface area contributed by atoms with Gasteiger partial charge in [-0.1, -0.05) is 20.3 Å². The minimum absolute atomic E-state index is 0.207. The Morgan fingerprint density at radius 2 is 2.00 bits per heavy atom. The lowest BCUT2D eigenvalue weighted by molar-refractivity contribution is 0.288. The first-order valence-electron chi connectivity index (χ1n) is 8.10. The summed E-state index contributed by atoms with van der Waals surface area (Å²) >= 11 is 0. The van der Waals surface area contributed by atoms with Crippen molar-refractivity contribution < 1.29 is 5.11 Å². The average Bonchev–Trinajstić information content (AvgIpc) is 2.47. The van der Waals surface area contributed by atoms with Gasteiger partial charge in [0.15, 0.2) is 0 Å². The van der Waals surface area contributed by atoms with E-state index in [-0.39, 0.29) is 6.61 Å². The van der Waals surface area contributed by atoms with Gasteiger partial charge in [0.1, 0.15) is 18.0 Å². The lowest BCUT2D eigenvalue weighted by atomic mass is 10.1. The van der Waals surface area contributed by atoms with E-state index in [0.29, 0.717) is 6.04 Å². The van der Waals surface area contributed by atoms with Crippen LogP contribution in [-0.2, 0) is 6.42 Å². The number of nitrogens with zero attached hydrogens (tertiary/aromatic N) is 3. The molecular weight excluding hydrogens is 264 g/mol. The van der Waals surface area contributed by atoms with Gasteiger partial charge in [-0.15, -0.1) is 0 Å². The molecule has 1 aromatic rings. The van der Waals surface area contributed by atoms with Crippen molar-refractivity contribution in [1.82, 2.24) is 9.97 Å². The molecule has 0 aliphatic heterocycles. The lowest BCUT2D eigenvalue weighted by Gasteiger charge is -2.30. The van der Waals surface area contributed by atoms with Gasteiger partial charge in [0.25, 0.3) is 0 Å². The fourth-order valence-electron chi connectivity index (χ4n) is 2.38. The summed E-state index contributed by atoms with van der Waals surface area (Å²) in [6.07, 6.45) is 5.49. The first kappa shape index (κ1) is 17.7. The standard InChI is InChI=1S/C16H30N4O/c1-5-8-14-15(17-9-6-2)18-12-19-16(14)20(13(3)4)10-7-11-21/h12-13,21H,5-11H2,1-4H3,(H,17,18,19). The molecular formula is C16H30N4O. The van der Waals surface area contributed by atoms with Gasteiger partial charge in [0.2, 0.25) is 0 Å². The van der Waals surface area contributed by atoms with Crippen LogP contribution in [0.4, 0.5) is 11.6 Å². The molecule has 5 nitrogen and oxygen atoms in total. The number of anilines is 2. The minimum atomic E-state index is 0.207. The molecule has 0 saturated carbocycles. The maximum absolute atomic E-state index is 9.12. The van der Waals surface area contributed by atoms with Gasteiger partial charge in [-0.05, 0) is 33.1 Å². The zero-order valence-corrected chi connectivity index (χ0v) is 13.9. The van der Waals surface area contributed by atoms with Gasteiger partial charge in [-0.25, -0.2) is 9.97 Å². The third-order valence-corrected chi connectivity index (χ3v) is 3.42. The quantitative estimate of drug-likeness (QED) is 0.695. The van der Waals surface area contributed by atoms with Gasteiger partial charge in [-0.2, -0.15) is 0 Å². The molecule has 0 bridgehead atoms. The summed E-state index contributed by atoms with van der Waals surface area (Å²) in [5.74, 6) is 1.97. The Bertz CT molecular complexity index is 409. The Morgan fingerprint density at radius 3 is 2.57 bits per heavy atom. The zero-order chi connectivity index (χ0) is 15.7. The second-order valence-electron chi connectivity index (χ2n) is 5.57. The molecule has 0 aliphatic carbocycles. The van der Waals surface area contributed by atoms with Crippen LogP contribution in [0.25, 0.3) is 0 Å². The van der Waals surface area contributed by atoms with Gasteiger partial charge in [0, 0.05) is 31.3 Å². The van der Waals surface area contributed by atoms with Crippen LogP contribution in [0.1, 0.15) is 52.5 Å². The minimum Gasteiger partial charge on any atom is -0.396 e. The van der Waals surface area contributed by atoms with Crippen molar-refractivity contribution in [2.24, 2.45) is 0 Å².